The summed E-state index contributed by atoms with van der Waals surface area (Å²) in [5.74, 6) is 0.720. The Bertz CT molecular complexity index is 894. The van der Waals surface area contributed by atoms with Crippen LogP contribution in [-0.4, -0.2) is 37.0 Å². The van der Waals surface area contributed by atoms with Gasteiger partial charge in [-0.05, 0) is 30.9 Å². The number of aromatic nitrogens is 5. The van der Waals surface area contributed by atoms with Crippen molar-refractivity contribution in [1.29, 1.82) is 0 Å². The van der Waals surface area contributed by atoms with Gasteiger partial charge in [0.25, 0.3) is 5.91 Å². The molecular weight excluding hydrogens is 316 g/mol. The largest absolute Gasteiger partial charge is 0.352 e. The van der Waals surface area contributed by atoms with Crippen molar-refractivity contribution in [3.8, 4) is 0 Å². The summed E-state index contributed by atoms with van der Waals surface area (Å²) in [6, 6.07) is 3.84. The quantitative estimate of drug-likeness (QED) is 0.747. The molecule has 3 heterocycles. The third kappa shape index (κ3) is 3.26. The summed E-state index contributed by atoms with van der Waals surface area (Å²) in [6.45, 7) is 3.48. The summed E-state index contributed by atoms with van der Waals surface area (Å²) in [6.07, 6.45) is 7.72. The molecule has 0 spiro atoms. The normalized spacial score (nSPS) is 15.4. The zero-order valence-corrected chi connectivity index (χ0v) is 14.5. The van der Waals surface area contributed by atoms with E-state index in [0.717, 1.165) is 36.1 Å². The highest BCUT2D eigenvalue weighted by molar-refractivity contribution is 6.05. The maximum atomic E-state index is 12.8. The van der Waals surface area contributed by atoms with Gasteiger partial charge in [0.15, 0.2) is 5.65 Å². The zero-order valence-electron chi connectivity index (χ0n) is 14.5. The number of carbonyl (C=O) groups is 1. The fourth-order valence-corrected chi connectivity index (χ4v) is 3.06. The smallest absolute Gasteiger partial charge is 0.252 e. The number of fused-ring (bicyclic) bond motifs is 1. The molecule has 130 valence electrons. The summed E-state index contributed by atoms with van der Waals surface area (Å²) < 4.78 is 3.62. The predicted molar refractivity (Wildman–Crippen MR) is 94.2 cm³/mol. The molecule has 0 aromatic carbocycles. The van der Waals surface area contributed by atoms with Crippen LogP contribution >= 0.6 is 0 Å². The predicted octanol–water partition coefficient (Wildman–Crippen LogP) is 2.11. The van der Waals surface area contributed by atoms with Crippen LogP contribution in [0.1, 0.15) is 41.7 Å². The topological polar surface area (TPSA) is 77.6 Å². The minimum atomic E-state index is -0.0605. The first kappa shape index (κ1) is 15.8. The Morgan fingerprint density at radius 1 is 1.40 bits per heavy atom. The van der Waals surface area contributed by atoms with Gasteiger partial charge in [0.2, 0.25) is 0 Å². The van der Waals surface area contributed by atoms with E-state index in [0.29, 0.717) is 18.0 Å². The van der Waals surface area contributed by atoms with Crippen molar-refractivity contribution >= 4 is 16.9 Å². The minimum absolute atomic E-state index is 0.0605. The Labute approximate surface area is 146 Å². The van der Waals surface area contributed by atoms with Crippen molar-refractivity contribution in [2.75, 3.05) is 6.54 Å². The van der Waals surface area contributed by atoms with Crippen molar-refractivity contribution in [3.63, 3.8) is 0 Å². The second kappa shape index (κ2) is 6.31. The molecule has 0 saturated heterocycles. The van der Waals surface area contributed by atoms with Crippen LogP contribution in [0.5, 0.6) is 0 Å². The molecule has 1 fully saturated rings. The summed E-state index contributed by atoms with van der Waals surface area (Å²) in [7, 11) is 1.86. The molecule has 1 N–H and O–H groups in total. The SMILES string of the molecule is C[C@@H](CNC(=O)c1cc(C2CC2)nc2c1cnn2C)Cn1cccn1. The summed E-state index contributed by atoms with van der Waals surface area (Å²) >= 11 is 0. The van der Waals surface area contributed by atoms with Crippen LogP contribution in [0.3, 0.4) is 0 Å². The van der Waals surface area contributed by atoms with Crippen molar-refractivity contribution < 1.29 is 4.79 Å². The van der Waals surface area contributed by atoms with Crippen molar-refractivity contribution in [1.82, 2.24) is 29.9 Å². The lowest BCUT2D eigenvalue weighted by molar-refractivity contribution is 0.0948. The Morgan fingerprint density at radius 3 is 2.96 bits per heavy atom. The molecule has 0 unspecified atom stereocenters. The molecule has 25 heavy (non-hydrogen) atoms. The van der Waals surface area contributed by atoms with Gasteiger partial charge in [-0.15, -0.1) is 0 Å². The van der Waals surface area contributed by atoms with Gasteiger partial charge >= 0.3 is 0 Å². The van der Waals surface area contributed by atoms with E-state index in [9.17, 15) is 4.79 Å². The monoisotopic (exact) mass is 338 g/mol. The molecule has 1 saturated carbocycles. The molecule has 0 bridgehead atoms. The number of nitrogens with one attached hydrogen (secondary N) is 1. The van der Waals surface area contributed by atoms with Gasteiger partial charge in [0, 0.05) is 44.1 Å². The van der Waals surface area contributed by atoms with E-state index in [4.69, 9.17) is 4.98 Å². The average Bonchev–Trinajstić information content (AvgIpc) is 3.22. The summed E-state index contributed by atoms with van der Waals surface area (Å²) in [4.78, 5) is 17.5. The van der Waals surface area contributed by atoms with Crippen LogP contribution < -0.4 is 5.32 Å². The number of hydrogen-bond acceptors (Lipinski definition) is 4. The van der Waals surface area contributed by atoms with Gasteiger partial charge in [0.05, 0.1) is 17.1 Å². The maximum absolute atomic E-state index is 12.8. The second-order valence-electron chi connectivity index (χ2n) is 6.92. The Hall–Kier alpha value is -2.70. The minimum Gasteiger partial charge on any atom is -0.352 e. The van der Waals surface area contributed by atoms with Crippen LogP contribution in [0.2, 0.25) is 0 Å². The summed E-state index contributed by atoms with van der Waals surface area (Å²) in [5.41, 5.74) is 2.45. The van der Waals surface area contributed by atoms with E-state index >= 15 is 0 Å². The average molecular weight is 338 g/mol. The first-order valence-electron chi connectivity index (χ1n) is 8.70. The molecule has 1 aliphatic rings. The highest BCUT2D eigenvalue weighted by atomic mass is 16.1. The van der Waals surface area contributed by atoms with Gasteiger partial charge in [-0.2, -0.15) is 10.2 Å². The van der Waals surface area contributed by atoms with E-state index in [1.165, 1.54) is 0 Å². The number of nitrogens with zero attached hydrogens (tertiary/aromatic N) is 5. The van der Waals surface area contributed by atoms with E-state index in [-0.39, 0.29) is 11.8 Å². The first-order valence-corrected chi connectivity index (χ1v) is 8.70. The van der Waals surface area contributed by atoms with Gasteiger partial charge in [-0.25, -0.2) is 4.98 Å². The van der Waals surface area contributed by atoms with E-state index in [1.807, 2.05) is 30.1 Å². The van der Waals surface area contributed by atoms with Gasteiger partial charge in [-0.3, -0.25) is 14.2 Å². The van der Waals surface area contributed by atoms with Crippen LogP contribution in [0, 0.1) is 5.92 Å². The van der Waals surface area contributed by atoms with Crippen molar-refractivity contribution in [2.45, 2.75) is 32.2 Å². The van der Waals surface area contributed by atoms with Crippen molar-refractivity contribution in [2.24, 2.45) is 13.0 Å². The Kier molecular flexibility index (Phi) is 3.99. The van der Waals surface area contributed by atoms with Crippen LogP contribution in [-0.2, 0) is 13.6 Å². The Morgan fingerprint density at radius 2 is 2.24 bits per heavy atom. The fourth-order valence-electron chi connectivity index (χ4n) is 3.06. The molecule has 7 nitrogen and oxygen atoms in total. The van der Waals surface area contributed by atoms with Crippen LogP contribution in [0.15, 0.2) is 30.7 Å². The molecule has 3 aromatic heterocycles. The van der Waals surface area contributed by atoms with Gasteiger partial charge in [-0.1, -0.05) is 6.92 Å². The molecule has 4 rings (SSSR count). The van der Waals surface area contributed by atoms with E-state index < -0.39 is 0 Å². The maximum Gasteiger partial charge on any atom is 0.252 e. The molecule has 3 aromatic rings. The fraction of sp³-hybridized carbons (Fsp3) is 0.444. The van der Waals surface area contributed by atoms with Crippen LogP contribution in [0.4, 0.5) is 0 Å². The molecule has 1 aliphatic carbocycles. The summed E-state index contributed by atoms with van der Waals surface area (Å²) in [5, 5.41) is 12.3. The lowest BCUT2D eigenvalue weighted by Crippen LogP contribution is -2.30. The molecule has 0 radical (unpaired) electrons. The zero-order chi connectivity index (χ0) is 17.4. The second-order valence-corrected chi connectivity index (χ2v) is 6.92. The molecule has 1 amide bonds. The van der Waals surface area contributed by atoms with E-state index in [2.05, 4.69) is 22.4 Å². The number of amides is 1. The standard InChI is InChI=1S/C18H22N6O/c1-12(11-24-7-3-6-20-24)9-19-18(25)14-8-16(13-4-5-13)22-17-15(14)10-21-23(17)2/h3,6-8,10,12-13H,4-5,9,11H2,1-2H3,(H,19,25)/t12-/m0/s1. The van der Waals surface area contributed by atoms with E-state index in [1.54, 1.807) is 17.1 Å². The van der Waals surface area contributed by atoms with Crippen molar-refractivity contribution in [3.05, 3.63) is 42.0 Å². The highest BCUT2D eigenvalue weighted by Crippen LogP contribution is 2.40. The van der Waals surface area contributed by atoms with Crippen LogP contribution in [0.25, 0.3) is 11.0 Å². The first-order chi connectivity index (χ1) is 12.1. The number of hydrogen-bond donors (Lipinski definition) is 1. The molecule has 1 atom stereocenters. The molecule has 0 aliphatic heterocycles. The highest BCUT2D eigenvalue weighted by Gasteiger charge is 2.27. The molecule has 7 heteroatoms. The lowest BCUT2D eigenvalue weighted by atomic mass is 10.1. The number of aryl methyl sites for hydroxylation is 1. The third-order valence-electron chi connectivity index (χ3n) is 4.63. The number of pyridine rings is 1. The Balaban J connectivity index is 1.51. The lowest BCUT2D eigenvalue weighted by Gasteiger charge is -2.13. The van der Waals surface area contributed by atoms with Gasteiger partial charge in [0.1, 0.15) is 0 Å². The molecular formula is C18H22N6O. The number of carbonyl (C=O) groups excluding carboxylic acids is 1. The van der Waals surface area contributed by atoms with Gasteiger partial charge < -0.3 is 5.32 Å². The third-order valence-corrected chi connectivity index (χ3v) is 4.63. The number of rotatable bonds is 6.